The molecule has 19 heavy (non-hydrogen) atoms. The molecule has 0 amide bonds. The van der Waals surface area contributed by atoms with E-state index in [2.05, 4.69) is 0 Å². The molecular weight excluding hydrogens is 260 g/mol. The summed E-state index contributed by atoms with van der Waals surface area (Å²) >= 11 is 6.32. The van der Waals surface area contributed by atoms with Crippen LogP contribution in [0.25, 0.3) is 11.1 Å². The van der Waals surface area contributed by atoms with E-state index in [-0.39, 0.29) is 12.3 Å². The Morgan fingerprint density at radius 3 is 2.47 bits per heavy atom. The van der Waals surface area contributed by atoms with Gasteiger partial charge in [-0.25, -0.2) is 0 Å². The van der Waals surface area contributed by atoms with Gasteiger partial charge in [0.2, 0.25) is 0 Å². The predicted octanol–water partition coefficient (Wildman–Crippen LogP) is 4.24. The van der Waals surface area contributed by atoms with Crippen molar-refractivity contribution < 1.29 is 9.90 Å². The van der Waals surface area contributed by atoms with Gasteiger partial charge in [-0.1, -0.05) is 41.9 Å². The summed E-state index contributed by atoms with van der Waals surface area (Å²) in [7, 11) is 0. The Morgan fingerprint density at radius 2 is 1.79 bits per heavy atom. The van der Waals surface area contributed by atoms with Gasteiger partial charge in [-0.15, -0.1) is 0 Å². The largest absolute Gasteiger partial charge is 0.481 e. The molecule has 0 bridgehead atoms. The monoisotopic (exact) mass is 272 g/mol. The van der Waals surface area contributed by atoms with Crippen molar-refractivity contribution in [3.63, 3.8) is 0 Å². The SMILES string of the molecule is Cc1cccc2c1-c1c(Cl)cccc1C2CC(=O)O. The maximum atomic E-state index is 11.1. The maximum Gasteiger partial charge on any atom is 0.304 e. The smallest absolute Gasteiger partial charge is 0.304 e. The van der Waals surface area contributed by atoms with Crippen LogP contribution in [0.4, 0.5) is 0 Å². The number of aryl methyl sites for hydroxylation is 1. The molecule has 96 valence electrons. The zero-order valence-electron chi connectivity index (χ0n) is 10.5. The number of carbonyl (C=O) groups is 1. The predicted molar refractivity (Wildman–Crippen MR) is 75.7 cm³/mol. The number of halogens is 1. The first-order valence-electron chi connectivity index (χ1n) is 6.19. The van der Waals surface area contributed by atoms with Gasteiger partial charge in [0.25, 0.3) is 0 Å². The second-order valence-electron chi connectivity index (χ2n) is 4.89. The van der Waals surface area contributed by atoms with Gasteiger partial charge in [-0.2, -0.15) is 0 Å². The molecule has 0 aliphatic heterocycles. The highest BCUT2D eigenvalue weighted by Crippen LogP contribution is 2.50. The lowest BCUT2D eigenvalue weighted by Gasteiger charge is -2.10. The van der Waals surface area contributed by atoms with E-state index in [4.69, 9.17) is 16.7 Å². The summed E-state index contributed by atoms with van der Waals surface area (Å²) in [5.41, 5.74) is 5.35. The number of fused-ring (bicyclic) bond motifs is 3. The Morgan fingerprint density at radius 1 is 1.16 bits per heavy atom. The highest BCUT2D eigenvalue weighted by Gasteiger charge is 2.32. The summed E-state index contributed by atoms with van der Waals surface area (Å²) in [6.07, 6.45) is 0.101. The molecule has 1 unspecified atom stereocenters. The molecule has 0 spiro atoms. The van der Waals surface area contributed by atoms with Gasteiger partial charge >= 0.3 is 5.97 Å². The van der Waals surface area contributed by atoms with E-state index in [9.17, 15) is 4.79 Å². The summed E-state index contributed by atoms with van der Waals surface area (Å²) < 4.78 is 0. The number of carboxylic acid groups (broad SMARTS) is 1. The van der Waals surface area contributed by atoms with Crippen LogP contribution in [-0.4, -0.2) is 11.1 Å². The van der Waals surface area contributed by atoms with Crippen molar-refractivity contribution in [2.75, 3.05) is 0 Å². The first kappa shape index (κ1) is 12.2. The zero-order chi connectivity index (χ0) is 13.6. The Labute approximate surface area is 116 Å². The fourth-order valence-corrected chi connectivity index (χ4v) is 3.26. The topological polar surface area (TPSA) is 37.3 Å². The van der Waals surface area contributed by atoms with Gasteiger partial charge in [0, 0.05) is 16.5 Å². The number of aliphatic carboxylic acids is 1. The van der Waals surface area contributed by atoms with Gasteiger partial charge in [-0.3, -0.25) is 4.79 Å². The minimum Gasteiger partial charge on any atom is -0.481 e. The van der Waals surface area contributed by atoms with E-state index in [0.29, 0.717) is 5.02 Å². The van der Waals surface area contributed by atoms with Crippen LogP contribution in [0.2, 0.25) is 5.02 Å². The van der Waals surface area contributed by atoms with E-state index in [1.165, 1.54) is 0 Å². The molecule has 0 saturated carbocycles. The standard InChI is InChI=1S/C16H13ClO2/c1-9-4-2-5-10-12(8-14(18)19)11-6-3-7-13(17)16(11)15(9)10/h2-7,12H,8H2,1H3,(H,18,19). The molecule has 2 aromatic carbocycles. The molecular formula is C16H13ClO2. The van der Waals surface area contributed by atoms with Crippen molar-refractivity contribution in [2.24, 2.45) is 0 Å². The highest BCUT2D eigenvalue weighted by atomic mass is 35.5. The van der Waals surface area contributed by atoms with E-state index >= 15 is 0 Å². The van der Waals surface area contributed by atoms with Crippen molar-refractivity contribution in [2.45, 2.75) is 19.3 Å². The van der Waals surface area contributed by atoms with Crippen LogP contribution in [0.15, 0.2) is 36.4 Å². The van der Waals surface area contributed by atoms with Crippen LogP contribution < -0.4 is 0 Å². The molecule has 3 rings (SSSR count). The lowest BCUT2D eigenvalue weighted by molar-refractivity contribution is -0.137. The Bertz CT molecular complexity index is 625. The van der Waals surface area contributed by atoms with Crippen molar-refractivity contribution >= 4 is 17.6 Å². The molecule has 1 atom stereocenters. The number of rotatable bonds is 2. The fourth-order valence-electron chi connectivity index (χ4n) is 2.98. The van der Waals surface area contributed by atoms with Crippen LogP contribution >= 0.6 is 11.6 Å². The molecule has 0 saturated heterocycles. The van der Waals surface area contributed by atoms with Crippen molar-refractivity contribution in [3.8, 4) is 11.1 Å². The van der Waals surface area contributed by atoms with Gasteiger partial charge in [0.1, 0.15) is 0 Å². The molecule has 0 fully saturated rings. The number of carboxylic acids is 1. The summed E-state index contributed by atoms with van der Waals surface area (Å²) in [6.45, 7) is 2.04. The molecule has 0 aromatic heterocycles. The molecule has 3 heteroatoms. The van der Waals surface area contributed by atoms with E-state index in [0.717, 1.165) is 27.8 Å². The first-order valence-corrected chi connectivity index (χ1v) is 6.57. The average Bonchev–Trinajstić information content (AvgIpc) is 2.66. The third kappa shape index (κ3) is 1.83. The highest BCUT2D eigenvalue weighted by molar-refractivity contribution is 6.33. The van der Waals surface area contributed by atoms with Crippen LogP contribution in [0, 0.1) is 6.92 Å². The number of benzene rings is 2. The fraction of sp³-hybridized carbons (Fsp3) is 0.188. The van der Waals surface area contributed by atoms with Crippen molar-refractivity contribution in [1.29, 1.82) is 0 Å². The summed E-state index contributed by atoms with van der Waals surface area (Å²) in [5, 5.41) is 9.83. The minimum absolute atomic E-state index is 0.0962. The third-order valence-corrected chi connectivity index (χ3v) is 4.05. The Kier molecular flexibility index (Phi) is 2.83. The Balaban J connectivity index is 2.30. The maximum absolute atomic E-state index is 11.1. The zero-order valence-corrected chi connectivity index (χ0v) is 11.2. The van der Waals surface area contributed by atoms with Gasteiger partial charge in [0.05, 0.1) is 6.42 Å². The van der Waals surface area contributed by atoms with Crippen molar-refractivity contribution in [1.82, 2.24) is 0 Å². The molecule has 1 N–H and O–H groups in total. The first-order chi connectivity index (χ1) is 9.09. The normalized spacial score (nSPS) is 16.0. The molecule has 2 nitrogen and oxygen atoms in total. The van der Waals surface area contributed by atoms with Crippen LogP contribution in [-0.2, 0) is 4.79 Å². The van der Waals surface area contributed by atoms with Gasteiger partial charge in [-0.05, 0) is 35.2 Å². The van der Waals surface area contributed by atoms with Crippen LogP contribution in [0.3, 0.4) is 0 Å². The van der Waals surface area contributed by atoms with Crippen LogP contribution in [0.5, 0.6) is 0 Å². The molecule has 0 heterocycles. The van der Waals surface area contributed by atoms with Crippen LogP contribution in [0.1, 0.15) is 29.0 Å². The Hall–Kier alpha value is -1.80. The number of hydrogen-bond donors (Lipinski definition) is 1. The summed E-state index contributed by atoms with van der Waals surface area (Å²) in [4.78, 5) is 11.1. The second kappa shape index (κ2) is 4.39. The van der Waals surface area contributed by atoms with Gasteiger partial charge < -0.3 is 5.11 Å². The lowest BCUT2D eigenvalue weighted by Crippen LogP contribution is -2.05. The molecule has 0 radical (unpaired) electrons. The number of hydrogen-bond acceptors (Lipinski definition) is 1. The molecule has 2 aromatic rings. The minimum atomic E-state index is -0.787. The van der Waals surface area contributed by atoms with E-state index in [1.807, 2.05) is 43.3 Å². The second-order valence-corrected chi connectivity index (χ2v) is 5.30. The van der Waals surface area contributed by atoms with E-state index in [1.54, 1.807) is 0 Å². The third-order valence-electron chi connectivity index (χ3n) is 3.73. The van der Waals surface area contributed by atoms with Crippen molar-refractivity contribution in [3.05, 3.63) is 58.1 Å². The summed E-state index contributed by atoms with van der Waals surface area (Å²) in [6, 6.07) is 11.7. The summed E-state index contributed by atoms with van der Waals surface area (Å²) in [5.74, 6) is -0.883. The lowest BCUT2D eigenvalue weighted by atomic mass is 9.93. The molecule has 1 aliphatic rings. The van der Waals surface area contributed by atoms with E-state index < -0.39 is 5.97 Å². The van der Waals surface area contributed by atoms with Gasteiger partial charge in [0.15, 0.2) is 0 Å². The molecule has 1 aliphatic carbocycles. The quantitative estimate of drug-likeness (QED) is 0.888. The average molecular weight is 273 g/mol.